The maximum atomic E-state index is 11.7. The van der Waals surface area contributed by atoms with Crippen molar-refractivity contribution < 1.29 is 4.79 Å². The van der Waals surface area contributed by atoms with Gasteiger partial charge in [0.25, 0.3) is 0 Å². The summed E-state index contributed by atoms with van der Waals surface area (Å²) in [6.45, 7) is 11.1. The Labute approximate surface area is 110 Å². The number of amides is 2. The number of urea groups is 1. The number of rotatable bonds is 4. The fourth-order valence-electron chi connectivity index (χ4n) is 2.01. The van der Waals surface area contributed by atoms with Gasteiger partial charge in [0.15, 0.2) is 0 Å². The third-order valence-electron chi connectivity index (χ3n) is 2.95. The lowest BCUT2D eigenvalue weighted by Crippen LogP contribution is -2.29. The summed E-state index contributed by atoms with van der Waals surface area (Å²) in [5.74, 6) is 0.779. The highest BCUT2D eigenvalue weighted by Crippen LogP contribution is 2.32. The van der Waals surface area contributed by atoms with Crippen LogP contribution in [0, 0.1) is 0 Å². The second-order valence-electron chi connectivity index (χ2n) is 5.11. The third kappa shape index (κ3) is 3.49. The lowest BCUT2D eigenvalue weighted by molar-refractivity contribution is 0.252. The van der Waals surface area contributed by atoms with Crippen molar-refractivity contribution in [3.05, 3.63) is 29.3 Å². The van der Waals surface area contributed by atoms with Crippen molar-refractivity contribution >= 4 is 11.7 Å². The van der Waals surface area contributed by atoms with Gasteiger partial charge in [-0.2, -0.15) is 0 Å². The summed E-state index contributed by atoms with van der Waals surface area (Å²) in [6.07, 6.45) is 0. The fraction of sp³-hybridized carbons (Fsp3) is 0.533. The van der Waals surface area contributed by atoms with E-state index in [0.29, 0.717) is 18.4 Å². The van der Waals surface area contributed by atoms with Gasteiger partial charge in [-0.05, 0) is 29.9 Å². The Hall–Kier alpha value is -1.51. The Bertz CT molecular complexity index is 385. The molecule has 2 N–H and O–H groups in total. The summed E-state index contributed by atoms with van der Waals surface area (Å²) in [5, 5.41) is 5.77. The standard InChI is InChI=1S/C15H24N2O/c1-6-16-15(18)17-14-12(10(2)3)8-7-9-13(14)11(4)5/h7-11H,6H2,1-5H3,(H2,16,17,18). The molecule has 18 heavy (non-hydrogen) atoms. The van der Waals surface area contributed by atoms with Crippen LogP contribution in [0.15, 0.2) is 18.2 Å². The lowest BCUT2D eigenvalue weighted by atomic mass is 9.93. The quantitative estimate of drug-likeness (QED) is 0.828. The molecule has 0 atom stereocenters. The van der Waals surface area contributed by atoms with Crippen LogP contribution < -0.4 is 10.6 Å². The zero-order valence-electron chi connectivity index (χ0n) is 12.0. The van der Waals surface area contributed by atoms with Crippen molar-refractivity contribution in [3.63, 3.8) is 0 Å². The molecule has 0 fully saturated rings. The normalized spacial score (nSPS) is 10.8. The summed E-state index contributed by atoms with van der Waals surface area (Å²) < 4.78 is 0. The smallest absolute Gasteiger partial charge is 0.319 e. The van der Waals surface area contributed by atoms with Crippen molar-refractivity contribution in [2.45, 2.75) is 46.5 Å². The molecule has 1 rings (SSSR count). The van der Waals surface area contributed by atoms with E-state index in [0.717, 1.165) is 5.69 Å². The minimum atomic E-state index is -0.132. The molecule has 0 spiro atoms. The number of hydrogen-bond donors (Lipinski definition) is 2. The Morgan fingerprint density at radius 2 is 1.61 bits per heavy atom. The van der Waals surface area contributed by atoms with Gasteiger partial charge in [-0.1, -0.05) is 45.9 Å². The molecule has 0 aromatic heterocycles. The van der Waals surface area contributed by atoms with Gasteiger partial charge in [-0.15, -0.1) is 0 Å². The molecular formula is C15H24N2O. The first-order valence-electron chi connectivity index (χ1n) is 6.65. The third-order valence-corrected chi connectivity index (χ3v) is 2.95. The number of carbonyl (C=O) groups is 1. The van der Waals surface area contributed by atoms with E-state index in [9.17, 15) is 4.79 Å². The van der Waals surface area contributed by atoms with Crippen molar-refractivity contribution in [1.29, 1.82) is 0 Å². The number of hydrogen-bond acceptors (Lipinski definition) is 1. The maximum Gasteiger partial charge on any atom is 0.319 e. The van der Waals surface area contributed by atoms with Crippen LogP contribution in [0.1, 0.15) is 57.6 Å². The van der Waals surface area contributed by atoms with Gasteiger partial charge in [0.1, 0.15) is 0 Å². The van der Waals surface area contributed by atoms with E-state index in [2.05, 4.69) is 56.5 Å². The first-order valence-corrected chi connectivity index (χ1v) is 6.65. The SMILES string of the molecule is CCNC(=O)Nc1c(C(C)C)cccc1C(C)C. The molecule has 3 nitrogen and oxygen atoms in total. The van der Waals surface area contributed by atoms with Crippen molar-refractivity contribution in [2.24, 2.45) is 0 Å². The minimum absolute atomic E-state index is 0.132. The number of benzene rings is 1. The topological polar surface area (TPSA) is 41.1 Å². The summed E-state index contributed by atoms with van der Waals surface area (Å²) in [6, 6.07) is 6.09. The average Bonchev–Trinajstić information content (AvgIpc) is 2.28. The van der Waals surface area contributed by atoms with Crippen LogP contribution in [0.5, 0.6) is 0 Å². The number of para-hydroxylation sites is 1. The lowest BCUT2D eigenvalue weighted by Gasteiger charge is -2.20. The second-order valence-corrected chi connectivity index (χ2v) is 5.11. The Morgan fingerprint density at radius 1 is 1.11 bits per heavy atom. The van der Waals surface area contributed by atoms with Crippen molar-refractivity contribution in [3.8, 4) is 0 Å². The zero-order chi connectivity index (χ0) is 13.7. The highest BCUT2D eigenvalue weighted by Gasteiger charge is 2.15. The van der Waals surface area contributed by atoms with Crippen molar-refractivity contribution in [1.82, 2.24) is 5.32 Å². The molecule has 0 unspecified atom stereocenters. The van der Waals surface area contributed by atoms with Crippen LogP contribution in [0.25, 0.3) is 0 Å². The zero-order valence-corrected chi connectivity index (χ0v) is 12.0. The molecule has 0 aliphatic rings. The number of nitrogens with one attached hydrogen (secondary N) is 2. The molecule has 0 radical (unpaired) electrons. The summed E-state index contributed by atoms with van der Waals surface area (Å²) in [4.78, 5) is 11.7. The molecule has 1 aromatic carbocycles. The Morgan fingerprint density at radius 3 is 2.00 bits per heavy atom. The molecule has 3 heteroatoms. The van der Waals surface area contributed by atoms with Gasteiger partial charge < -0.3 is 10.6 Å². The van der Waals surface area contributed by atoms with E-state index in [1.165, 1.54) is 11.1 Å². The van der Waals surface area contributed by atoms with E-state index < -0.39 is 0 Å². The van der Waals surface area contributed by atoms with Crippen LogP contribution in [0.4, 0.5) is 10.5 Å². The Balaban J connectivity index is 3.14. The molecule has 2 amide bonds. The molecule has 1 aromatic rings. The van der Waals surface area contributed by atoms with Crippen LogP contribution in [0.2, 0.25) is 0 Å². The van der Waals surface area contributed by atoms with Crippen LogP contribution in [-0.4, -0.2) is 12.6 Å². The van der Waals surface area contributed by atoms with E-state index in [1.54, 1.807) is 0 Å². The fourth-order valence-corrected chi connectivity index (χ4v) is 2.01. The van der Waals surface area contributed by atoms with E-state index in [1.807, 2.05) is 6.92 Å². The second kappa shape index (κ2) is 6.43. The van der Waals surface area contributed by atoms with Gasteiger partial charge in [-0.25, -0.2) is 4.79 Å². The van der Waals surface area contributed by atoms with E-state index in [-0.39, 0.29) is 6.03 Å². The van der Waals surface area contributed by atoms with Crippen LogP contribution in [-0.2, 0) is 0 Å². The minimum Gasteiger partial charge on any atom is -0.338 e. The van der Waals surface area contributed by atoms with Gasteiger partial charge >= 0.3 is 6.03 Å². The van der Waals surface area contributed by atoms with E-state index >= 15 is 0 Å². The summed E-state index contributed by atoms with van der Waals surface area (Å²) >= 11 is 0. The first kappa shape index (κ1) is 14.6. The largest absolute Gasteiger partial charge is 0.338 e. The van der Waals surface area contributed by atoms with E-state index in [4.69, 9.17) is 0 Å². The molecule has 0 aliphatic carbocycles. The summed E-state index contributed by atoms with van der Waals surface area (Å²) in [5.41, 5.74) is 3.34. The molecule has 100 valence electrons. The monoisotopic (exact) mass is 248 g/mol. The summed E-state index contributed by atoms with van der Waals surface area (Å²) in [7, 11) is 0. The molecule has 0 aliphatic heterocycles. The van der Waals surface area contributed by atoms with Crippen LogP contribution in [0.3, 0.4) is 0 Å². The Kier molecular flexibility index (Phi) is 5.20. The first-order chi connectivity index (χ1) is 8.47. The van der Waals surface area contributed by atoms with Gasteiger partial charge in [0, 0.05) is 12.2 Å². The van der Waals surface area contributed by atoms with Gasteiger partial charge in [0.2, 0.25) is 0 Å². The molecular weight excluding hydrogens is 224 g/mol. The molecule has 0 bridgehead atoms. The van der Waals surface area contributed by atoms with Crippen LogP contribution >= 0.6 is 0 Å². The predicted molar refractivity (Wildman–Crippen MR) is 77.3 cm³/mol. The van der Waals surface area contributed by atoms with Gasteiger partial charge in [0.05, 0.1) is 0 Å². The maximum absolute atomic E-state index is 11.7. The molecule has 0 heterocycles. The molecule has 0 saturated heterocycles. The van der Waals surface area contributed by atoms with Gasteiger partial charge in [-0.3, -0.25) is 0 Å². The highest BCUT2D eigenvalue weighted by molar-refractivity contribution is 5.91. The average molecular weight is 248 g/mol. The number of anilines is 1. The molecule has 0 saturated carbocycles. The van der Waals surface area contributed by atoms with Crippen molar-refractivity contribution in [2.75, 3.05) is 11.9 Å². The predicted octanol–water partition coefficient (Wildman–Crippen LogP) is 4.07. The number of carbonyl (C=O) groups excluding carboxylic acids is 1. The highest BCUT2D eigenvalue weighted by atomic mass is 16.2.